The molecule has 17 heavy (non-hydrogen) atoms. The van der Waals surface area contributed by atoms with Crippen molar-refractivity contribution in [2.75, 3.05) is 39.9 Å². The van der Waals surface area contributed by atoms with Crippen molar-refractivity contribution in [3.05, 3.63) is 0 Å². The third-order valence-corrected chi connectivity index (χ3v) is 3.33. The van der Waals surface area contributed by atoms with Crippen LogP contribution in [0.15, 0.2) is 0 Å². The van der Waals surface area contributed by atoms with E-state index < -0.39 is 0 Å². The molecule has 0 aromatic carbocycles. The fraction of sp³-hybridized carbons (Fsp3) is 0.923. The third-order valence-electron chi connectivity index (χ3n) is 3.33. The van der Waals surface area contributed by atoms with Crippen LogP contribution < -0.4 is 5.32 Å². The maximum atomic E-state index is 11.5. The van der Waals surface area contributed by atoms with Gasteiger partial charge in [0.25, 0.3) is 0 Å². The van der Waals surface area contributed by atoms with E-state index in [1.165, 1.54) is 6.42 Å². The second-order valence-electron chi connectivity index (χ2n) is 4.86. The molecule has 1 heterocycles. The monoisotopic (exact) mass is 242 g/mol. The van der Waals surface area contributed by atoms with Gasteiger partial charge in [0.15, 0.2) is 0 Å². The summed E-state index contributed by atoms with van der Waals surface area (Å²) < 4.78 is 5.07. The number of nitrogens with zero attached hydrogens (tertiary/aromatic N) is 1. The molecule has 100 valence electrons. The predicted molar refractivity (Wildman–Crippen MR) is 69.0 cm³/mol. The van der Waals surface area contributed by atoms with Gasteiger partial charge >= 0.3 is 0 Å². The van der Waals surface area contributed by atoms with Crippen LogP contribution in [0.5, 0.6) is 0 Å². The van der Waals surface area contributed by atoms with E-state index in [1.54, 1.807) is 7.11 Å². The summed E-state index contributed by atoms with van der Waals surface area (Å²) in [6, 6.07) is 0. The van der Waals surface area contributed by atoms with Gasteiger partial charge in [0.1, 0.15) is 0 Å². The van der Waals surface area contributed by atoms with Crippen LogP contribution in [0.3, 0.4) is 0 Å². The van der Waals surface area contributed by atoms with Gasteiger partial charge in [-0.05, 0) is 25.3 Å². The summed E-state index contributed by atoms with van der Waals surface area (Å²) in [5.41, 5.74) is 0. The summed E-state index contributed by atoms with van der Waals surface area (Å²) in [6.07, 6.45) is 3.95. The van der Waals surface area contributed by atoms with E-state index in [0.29, 0.717) is 12.3 Å². The first-order valence-electron chi connectivity index (χ1n) is 6.74. The van der Waals surface area contributed by atoms with Crippen LogP contribution in [-0.4, -0.2) is 50.7 Å². The Morgan fingerprint density at radius 3 is 3.06 bits per heavy atom. The van der Waals surface area contributed by atoms with Gasteiger partial charge in [-0.25, -0.2) is 0 Å². The number of amides is 1. The SMILES string of the molecule is CCCCC(=O)NCC1CCN(CCOC)C1. The molecule has 1 saturated heterocycles. The van der Waals surface area contributed by atoms with Gasteiger partial charge in [0.05, 0.1) is 6.61 Å². The minimum atomic E-state index is 0.210. The first-order chi connectivity index (χ1) is 8.26. The molecule has 4 heteroatoms. The van der Waals surface area contributed by atoms with E-state index in [2.05, 4.69) is 17.1 Å². The van der Waals surface area contributed by atoms with Crippen molar-refractivity contribution >= 4 is 5.91 Å². The van der Waals surface area contributed by atoms with Crippen molar-refractivity contribution in [1.82, 2.24) is 10.2 Å². The van der Waals surface area contributed by atoms with Crippen molar-refractivity contribution in [1.29, 1.82) is 0 Å². The lowest BCUT2D eigenvalue weighted by atomic mass is 10.1. The first-order valence-corrected chi connectivity index (χ1v) is 6.74. The predicted octanol–water partition coefficient (Wildman–Crippen LogP) is 1.26. The maximum absolute atomic E-state index is 11.5. The minimum Gasteiger partial charge on any atom is -0.383 e. The standard InChI is InChI=1S/C13H26N2O2/c1-3-4-5-13(16)14-10-12-6-7-15(11-12)8-9-17-2/h12H,3-11H2,1-2H3,(H,14,16). The van der Waals surface area contributed by atoms with Crippen LogP contribution in [0.25, 0.3) is 0 Å². The molecule has 1 aliphatic heterocycles. The van der Waals surface area contributed by atoms with Crippen LogP contribution >= 0.6 is 0 Å². The van der Waals surface area contributed by atoms with Crippen molar-refractivity contribution in [2.45, 2.75) is 32.6 Å². The molecular weight excluding hydrogens is 216 g/mol. The summed E-state index contributed by atoms with van der Waals surface area (Å²) >= 11 is 0. The molecule has 0 spiro atoms. The summed E-state index contributed by atoms with van der Waals surface area (Å²) in [6.45, 7) is 6.99. The first kappa shape index (κ1) is 14.5. The number of hydrogen-bond donors (Lipinski definition) is 1. The van der Waals surface area contributed by atoms with Crippen molar-refractivity contribution < 1.29 is 9.53 Å². The number of methoxy groups -OCH3 is 1. The van der Waals surface area contributed by atoms with E-state index in [-0.39, 0.29) is 5.91 Å². The second-order valence-corrected chi connectivity index (χ2v) is 4.86. The second kappa shape index (κ2) is 8.48. The van der Waals surface area contributed by atoms with E-state index in [0.717, 1.165) is 45.6 Å². The topological polar surface area (TPSA) is 41.6 Å². The van der Waals surface area contributed by atoms with Crippen LogP contribution in [0.1, 0.15) is 32.6 Å². The Balaban J connectivity index is 2.07. The molecule has 0 aromatic rings. The summed E-state index contributed by atoms with van der Waals surface area (Å²) in [7, 11) is 1.74. The molecule has 0 aliphatic carbocycles. The Labute approximate surface area is 105 Å². The number of hydrogen-bond acceptors (Lipinski definition) is 3. The van der Waals surface area contributed by atoms with Gasteiger partial charge in [-0.3, -0.25) is 4.79 Å². The van der Waals surface area contributed by atoms with Crippen molar-refractivity contribution in [3.63, 3.8) is 0 Å². The molecule has 0 bridgehead atoms. The molecule has 0 saturated carbocycles. The largest absolute Gasteiger partial charge is 0.383 e. The zero-order valence-corrected chi connectivity index (χ0v) is 11.2. The zero-order chi connectivity index (χ0) is 12.5. The Morgan fingerprint density at radius 1 is 1.53 bits per heavy atom. The zero-order valence-electron chi connectivity index (χ0n) is 11.2. The molecular formula is C13H26N2O2. The van der Waals surface area contributed by atoms with Gasteiger partial charge < -0.3 is 15.0 Å². The molecule has 1 atom stereocenters. The van der Waals surface area contributed by atoms with Crippen LogP contribution in [0.2, 0.25) is 0 Å². The maximum Gasteiger partial charge on any atom is 0.220 e. The molecule has 1 aliphatic rings. The Kier molecular flexibility index (Phi) is 7.21. The average molecular weight is 242 g/mol. The number of rotatable bonds is 8. The quantitative estimate of drug-likeness (QED) is 0.697. The molecule has 1 rings (SSSR count). The number of nitrogens with one attached hydrogen (secondary N) is 1. The number of carbonyl (C=O) groups excluding carboxylic acids is 1. The fourth-order valence-corrected chi connectivity index (χ4v) is 2.19. The van der Waals surface area contributed by atoms with Crippen LogP contribution in [-0.2, 0) is 9.53 Å². The lowest BCUT2D eigenvalue weighted by Gasteiger charge is -2.15. The van der Waals surface area contributed by atoms with Gasteiger partial charge in [-0.2, -0.15) is 0 Å². The lowest BCUT2D eigenvalue weighted by Crippen LogP contribution is -2.31. The Bertz CT molecular complexity index is 221. The van der Waals surface area contributed by atoms with Gasteiger partial charge in [0, 0.05) is 33.2 Å². The van der Waals surface area contributed by atoms with Crippen LogP contribution in [0.4, 0.5) is 0 Å². The molecule has 0 aromatic heterocycles. The Morgan fingerprint density at radius 2 is 2.35 bits per heavy atom. The molecule has 1 fully saturated rings. The van der Waals surface area contributed by atoms with Gasteiger partial charge in [-0.1, -0.05) is 13.3 Å². The smallest absolute Gasteiger partial charge is 0.220 e. The highest BCUT2D eigenvalue weighted by Crippen LogP contribution is 2.14. The number of likely N-dealkylation sites (tertiary alicyclic amines) is 1. The normalized spacial score (nSPS) is 20.7. The van der Waals surface area contributed by atoms with Gasteiger partial charge in [-0.15, -0.1) is 0 Å². The highest BCUT2D eigenvalue weighted by Gasteiger charge is 2.22. The fourth-order valence-electron chi connectivity index (χ4n) is 2.19. The number of ether oxygens (including phenoxy) is 1. The van der Waals surface area contributed by atoms with E-state index in [4.69, 9.17) is 4.74 Å². The number of carbonyl (C=O) groups is 1. The minimum absolute atomic E-state index is 0.210. The van der Waals surface area contributed by atoms with Crippen molar-refractivity contribution in [3.8, 4) is 0 Å². The van der Waals surface area contributed by atoms with E-state index >= 15 is 0 Å². The highest BCUT2D eigenvalue weighted by atomic mass is 16.5. The lowest BCUT2D eigenvalue weighted by molar-refractivity contribution is -0.121. The molecule has 1 unspecified atom stereocenters. The number of unbranched alkanes of at least 4 members (excludes halogenated alkanes) is 1. The van der Waals surface area contributed by atoms with Gasteiger partial charge in [0.2, 0.25) is 5.91 Å². The molecule has 4 nitrogen and oxygen atoms in total. The summed E-state index contributed by atoms with van der Waals surface area (Å²) in [5.74, 6) is 0.833. The highest BCUT2D eigenvalue weighted by molar-refractivity contribution is 5.75. The van der Waals surface area contributed by atoms with E-state index in [1.807, 2.05) is 0 Å². The Hall–Kier alpha value is -0.610. The average Bonchev–Trinajstić information content (AvgIpc) is 2.79. The summed E-state index contributed by atoms with van der Waals surface area (Å²) in [5, 5.41) is 3.04. The van der Waals surface area contributed by atoms with Crippen molar-refractivity contribution in [2.24, 2.45) is 5.92 Å². The molecule has 0 radical (unpaired) electrons. The molecule has 1 N–H and O–H groups in total. The summed E-state index contributed by atoms with van der Waals surface area (Å²) in [4.78, 5) is 13.9. The van der Waals surface area contributed by atoms with E-state index in [9.17, 15) is 4.79 Å². The molecule has 1 amide bonds. The third kappa shape index (κ3) is 6.03. The van der Waals surface area contributed by atoms with Crippen LogP contribution in [0, 0.1) is 5.92 Å².